The Morgan fingerprint density at radius 1 is 1.38 bits per heavy atom. The minimum atomic E-state index is 0.544. The van der Waals surface area contributed by atoms with Crippen molar-refractivity contribution in [2.45, 2.75) is 12.3 Å². The average molecular weight is 179 g/mol. The monoisotopic (exact) mass is 179 g/mol. The van der Waals surface area contributed by atoms with Crippen molar-refractivity contribution in [3.05, 3.63) is 5.82 Å². The van der Waals surface area contributed by atoms with E-state index >= 15 is 0 Å². The van der Waals surface area contributed by atoms with E-state index in [2.05, 4.69) is 20.3 Å². The number of piperidine rings is 1. The van der Waals surface area contributed by atoms with Gasteiger partial charge in [-0.3, -0.25) is 0 Å². The smallest absolute Gasteiger partial charge is 0.179 e. The molecule has 3 atom stereocenters. The van der Waals surface area contributed by atoms with Crippen molar-refractivity contribution in [1.82, 2.24) is 25.1 Å². The number of hydrogen-bond acceptors (Lipinski definition) is 4. The van der Waals surface area contributed by atoms with E-state index in [1.807, 2.05) is 7.05 Å². The molecule has 2 saturated heterocycles. The summed E-state index contributed by atoms with van der Waals surface area (Å²) in [6.07, 6.45) is 1.31. The van der Waals surface area contributed by atoms with Gasteiger partial charge in [-0.05, 0) is 24.1 Å². The van der Waals surface area contributed by atoms with Gasteiger partial charge >= 0.3 is 0 Å². The minimum absolute atomic E-state index is 0.544. The third-order valence-corrected chi connectivity index (χ3v) is 3.19. The molecule has 3 heterocycles. The second-order valence-electron chi connectivity index (χ2n) is 4.05. The van der Waals surface area contributed by atoms with Gasteiger partial charge in [0.05, 0.1) is 7.05 Å². The standard InChI is InChI=1S/C8H13N5/c1-12-10-8(9-11-12)7-5-13-3-2-6(7)4-13/h6-7H,2-5H2,1H3. The zero-order valence-electron chi connectivity index (χ0n) is 7.72. The summed E-state index contributed by atoms with van der Waals surface area (Å²) in [6.45, 7) is 3.64. The highest BCUT2D eigenvalue weighted by atomic mass is 15.6. The van der Waals surface area contributed by atoms with Crippen molar-refractivity contribution in [1.29, 1.82) is 0 Å². The zero-order valence-corrected chi connectivity index (χ0v) is 7.72. The van der Waals surface area contributed by atoms with E-state index < -0.39 is 0 Å². The van der Waals surface area contributed by atoms with E-state index in [1.165, 1.54) is 19.5 Å². The molecule has 0 aromatic carbocycles. The van der Waals surface area contributed by atoms with Crippen LogP contribution < -0.4 is 0 Å². The SMILES string of the molecule is Cn1nnc(C2CN3CCC2C3)n1. The van der Waals surface area contributed by atoms with Gasteiger partial charge in [-0.15, -0.1) is 10.2 Å². The molecule has 5 nitrogen and oxygen atoms in total. The lowest BCUT2D eigenvalue weighted by Crippen LogP contribution is -2.22. The molecule has 5 heteroatoms. The summed E-state index contributed by atoms with van der Waals surface area (Å²) in [4.78, 5) is 4.04. The van der Waals surface area contributed by atoms with Crippen LogP contribution >= 0.6 is 0 Å². The van der Waals surface area contributed by atoms with Gasteiger partial charge in [-0.1, -0.05) is 0 Å². The summed E-state index contributed by atoms with van der Waals surface area (Å²) in [7, 11) is 1.82. The molecule has 2 bridgehead atoms. The van der Waals surface area contributed by atoms with E-state index in [9.17, 15) is 0 Å². The molecule has 70 valence electrons. The Kier molecular flexibility index (Phi) is 1.44. The average Bonchev–Trinajstić information content (AvgIpc) is 2.77. The number of tetrazole rings is 1. The van der Waals surface area contributed by atoms with Gasteiger partial charge in [0.25, 0.3) is 0 Å². The van der Waals surface area contributed by atoms with Crippen molar-refractivity contribution in [2.75, 3.05) is 19.6 Å². The molecule has 1 aromatic rings. The Bertz CT molecular complexity index is 320. The first-order valence-electron chi connectivity index (χ1n) is 4.79. The lowest BCUT2D eigenvalue weighted by Gasteiger charge is -2.18. The fourth-order valence-corrected chi connectivity index (χ4v) is 2.52. The normalized spacial score (nSPS) is 37.2. The van der Waals surface area contributed by atoms with Crippen molar-refractivity contribution in [3.8, 4) is 0 Å². The second kappa shape index (κ2) is 2.51. The number of fused-ring (bicyclic) bond motifs is 2. The maximum Gasteiger partial charge on any atom is 0.179 e. The van der Waals surface area contributed by atoms with Gasteiger partial charge in [0.15, 0.2) is 5.82 Å². The summed E-state index contributed by atoms with van der Waals surface area (Å²) in [5.74, 6) is 2.27. The summed E-state index contributed by atoms with van der Waals surface area (Å²) in [6, 6.07) is 0. The third kappa shape index (κ3) is 1.07. The highest BCUT2D eigenvalue weighted by Gasteiger charge is 2.40. The van der Waals surface area contributed by atoms with E-state index in [-0.39, 0.29) is 0 Å². The molecule has 0 amide bonds. The first-order valence-corrected chi connectivity index (χ1v) is 4.79. The summed E-state index contributed by atoms with van der Waals surface area (Å²) < 4.78 is 0. The number of aromatic nitrogens is 4. The van der Waals surface area contributed by atoms with Crippen LogP contribution in [0.3, 0.4) is 0 Å². The topological polar surface area (TPSA) is 46.8 Å². The first-order chi connectivity index (χ1) is 6.33. The maximum atomic E-state index is 4.28. The van der Waals surface area contributed by atoms with Crippen LogP contribution in [0.1, 0.15) is 18.2 Å². The van der Waals surface area contributed by atoms with Crippen LogP contribution in [0.25, 0.3) is 0 Å². The van der Waals surface area contributed by atoms with Crippen molar-refractivity contribution in [3.63, 3.8) is 0 Å². The lowest BCUT2D eigenvalue weighted by atomic mass is 9.92. The molecular weight excluding hydrogens is 166 g/mol. The van der Waals surface area contributed by atoms with Crippen LogP contribution in [0.2, 0.25) is 0 Å². The molecule has 1 aromatic heterocycles. The minimum Gasteiger partial charge on any atom is -0.302 e. The molecule has 0 saturated carbocycles. The van der Waals surface area contributed by atoms with E-state index in [1.54, 1.807) is 4.80 Å². The van der Waals surface area contributed by atoms with Crippen molar-refractivity contribution < 1.29 is 0 Å². The van der Waals surface area contributed by atoms with Crippen LogP contribution in [-0.4, -0.2) is 44.7 Å². The molecule has 3 rings (SSSR count). The molecule has 13 heavy (non-hydrogen) atoms. The maximum absolute atomic E-state index is 4.28. The Labute approximate surface area is 76.7 Å². The van der Waals surface area contributed by atoms with Gasteiger partial charge in [0.1, 0.15) is 0 Å². The predicted octanol–water partition coefficient (Wildman–Crippen LogP) is -0.371. The van der Waals surface area contributed by atoms with E-state index in [0.717, 1.165) is 18.3 Å². The van der Waals surface area contributed by atoms with Gasteiger partial charge in [-0.25, -0.2) is 0 Å². The Morgan fingerprint density at radius 3 is 2.85 bits per heavy atom. The molecule has 3 unspecified atom stereocenters. The molecule has 0 N–H and O–H groups in total. The van der Waals surface area contributed by atoms with E-state index in [4.69, 9.17) is 0 Å². The molecule has 0 radical (unpaired) electrons. The first kappa shape index (κ1) is 7.44. The molecule has 0 spiro atoms. The number of hydrogen-bond donors (Lipinski definition) is 0. The van der Waals surface area contributed by atoms with Gasteiger partial charge < -0.3 is 4.90 Å². The predicted molar refractivity (Wildman–Crippen MR) is 46.1 cm³/mol. The highest BCUT2D eigenvalue weighted by molar-refractivity contribution is 5.05. The second-order valence-corrected chi connectivity index (χ2v) is 4.05. The van der Waals surface area contributed by atoms with Crippen LogP contribution in [0.5, 0.6) is 0 Å². The number of aryl methyl sites for hydroxylation is 1. The summed E-state index contributed by atoms with van der Waals surface area (Å²) in [5.41, 5.74) is 0. The quantitative estimate of drug-likeness (QED) is 0.590. The fourth-order valence-electron chi connectivity index (χ4n) is 2.52. The number of nitrogens with zero attached hydrogens (tertiary/aromatic N) is 5. The third-order valence-electron chi connectivity index (χ3n) is 3.19. The van der Waals surface area contributed by atoms with Crippen molar-refractivity contribution >= 4 is 0 Å². The Balaban J connectivity index is 1.87. The Morgan fingerprint density at radius 2 is 2.31 bits per heavy atom. The van der Waals surface area contributed by atoms with Crippen LogP contribution in [-0.2, 0) is 7.05 Å². The summed E-state index contributed by atoms with van der Waals surface area (Å²) >= 11 is 0. The molecular formula is C8H13N5. The van der Waals surface area contributed by atoms with Gasteiger partial charge in [0, 0.05) is 19.0 Å². The molecule has 2 fully saturated rings. The summed E-state index contributed by atoms with van der Waals surface area (Å²) in [5, 5.41) is 12.3. The fraction of sp³-hybridized carbons (Fsp3) is 0.875. The van der Waals surface area contributed by atoms with Gasteiger partial charge in [0.2, 0.25) is 0 Å². The van der Waals surface area contributed by atoms with Crippen LogP contribution in [0.15, 0.2) is 0 Å². The van der Waals surface area contributed by atoms with Crippen molar-refractivity contribution in [2.24, 2.45) is 13.0 Å². The van der Waals surface area contributed by atoms with Gasteiger partial charge in [-0.2, -0.15) is 4.80 Å². The molecule has 2 aliphatic rings. The van der Waals surface area contributed by atoms with Crippen LogP contribution in [0, 0.1) is 5.92 Å². The lowest BCUT2D eigenvalue weighted by molar-refractivity contribution is 0.340. The Hall–Kier alpha value is -0.970. The zero-order chi connectivity index (χ0) is 8.84. The largest absolute Gasteiger partial charge is 0.302 e. The molecule has 2 aliphatic heterocycles. The van der Waals surface area contributed by atoms with Crippen LogP contribution in [0.4, 0.5) is 0 Å². The van der Waals surface area contributed by atoms with E-state index in [0.29, 0.717) is 5.92 Å². The molecule has 0 aliphatic carbocycles. The number of rotatable bonds is 1. The highest BCUT2D eigenvalue weighted by Crippen LogP contribution is 2.37.